The topological polar surface area (TPSA) is 40.5 Å². The molecule has 0 amide bonds. The first-order valence-electron chi connectivity index (χ1n) is 7.47. The molecule has 4 saturated carbocycles. The van der Waals surface area contributed by atoms with Crippen molar-refractivity contribution in [2.75, 3.05) is 13.6 Å². The van der Waals surface area contributed by atoms with Gasteiger partial charge in [-0.25, -0.2) is 0 Å². The van der Waals surface area contributed by atoms with Crippen molar-refractivity contribution in [2.45, 2.75) is 45.1 Å². The van der Waals surface area contributed by atoms with Gasteiger partial charge in [-0.15, -0.1) is 0 Å². The zero-order valence-corrected chi connectivity index (χ0v) is 11.5. The minimum absolute atomic E-state index is 0.243. The van der Waals surface area contributed by atoms with E-state index >= 15 is 0 Å². The van der Waals surface area contributed by atoms with Gasteiger partial charge < -0.3 is 10.0 Å². The van der Waals surface area contributed by atoms with Gasteiger partial charge in [-0.3, -0.25) is 4.79 Å². The lowest BCUT2D eigenvalue weighted by molar-refractivity contribution is -0.142. The summed E-state index contributed by atoms with van der Waals surface area (Å²) in [6.45, 7) is 2.54. The van der Waals surface area contributed by atoms with Crippen LogP contribution in [0.5, 0.6) is 0 Å². The van der Waals surface area contributed by atoms with Crippen molar-refractivity contribution in [1.29, 1.82) is 0 Å². The SMILES string of the molecule is CC(CN(C)C1C2CC3CC(C2)CC1C3)C(=O)O. The molecule has 1 N–H and O–H groups in total. The van der Waals surface area contributed by atoms with E-state index in [1.807, 2.05) is 6.92 Å². The summed E-state index contributed by atoms with van der Waals surface area (Å²) in [4.78, 5) is 13.4. The first kappa shape index (κ1) is 12.5. The molecule has 0 saturated heterocycles. The Morgan fingerprint density at radius 1 is 1.17 bits per heavy atom. The second-order valence-corrected chi connectivity index (χ2v) is 7.10. The molecule has 102 valence electrons. The monoisotopic (exact) mass is 251 g/mol. The molecule has 4 rings (SSSR count). The van der Waals surface area contributed by atoms with Crippen LogP contribution in [0.4, 0.5) is 0 Å². The number of carboxylic acids is 1. The Labute approximate surface area is 110 Å². The van der Waals surface area contributed by atoms with Gasteiger partial charge in [0.1, 0.15) is 0 Å². The standard InChI is InChI=1S/C15H25NO2/c1-9(15(17)18)8-16(2)14-12-4-10-3-11(6-12)7-13(14)5-10/h9-14H,3-8H2,1-2H3,(H,17,18). The summed E-state index contributed by atoms with van der Waals surface area (Å²) in [5.74, 6) is 2.79. The van der Waals surface area contributed by atoms with Crippen LogP contribution in [0.2, 0.25) is 0 Å². The lowest BCUT2D eigenvalue weighted by Crippen LogP contribution is -2.55. The van der Waals surface area contributed by atoms with Gasteiger partial charge in [-0.1, -0.05) is 6.92 Å². The molecular formula is C15H25NO2. The highest BCUT2D eigenvalue weighted by atomic mass is 16.4. The third-order valence-corrected chi connectivity index (χ3v) is 5.67. The molecule has 0 aliphatic heterocycles. The molecule has 4 aliphatic carbocycles. The van der Waals surface area contributed by atoms with Crippen molar-refractivity contribution >= 4 is 5.97 Å². The van der Waals surface area contributed by atoms with Gasteiger partial charge in [0, 0.05) is 12.6 Å². The molecule has 4 aliphatic rings. The second kappa shape index (κ2) is 4.52. The quantitative estimate of drug-likeness (QED) is 0.834. The number of aliphatic carboxylic acids is 1. The van der Waals surface area contributed by atoms with E-state index in [0.29, 0.717) is 12.6 Å². The largest absolute Gasteiger partial charge is 0.481 e. The lowest BCUT2D eigenvalue weighted by Gasteiger charge is -2.57. The van der Waals surface area contributed by atoms with Gasteiger partial charge >= 0.3 is 5.97 Å². The van der Waals surface area contributed by atoms with Crippen molar-refractivity contribution < 1.29 is 9.90 Å². The van der Waals surface area contributed by atoms with Crippen molar-refractivity contribution in [2.24, 2.45) is 29.6 Å². The Hall–Kier alpha value is -0.570. The summed E-state index contributed by atoms with van der Waals surface area (Å²) in [7, 11) is 2.15. The van der Waals surface area contributed by atoms with Crippen LogP contribution >= 0.6 is 0 Å². The normalized spacial score (nSPS) is 43.4. The summed E-state index contributed by atoms with van der Waals surface area (Å²) >= 11 is 0. The van der Waals surface area contributed by atoms with Crippen LogP contribution in [0.25, 0.3) is 0 Å². The van der Waals surface area contributed by atoms with Crippen molar-refractivity contribution in [3.63, 3.8) is 0 Å². The first-order chi connectivity index (χ1) is 8.54. The van der Waals surface area contributed by atoms with Crippen molar-refractivity contribution in [3.8, 4) is 0 Å². The average molecular weight is 251 g/mol. The van der Waals surface area contributed by atoms with Gasteiger partial charge in [-0.05, 0) is 62.8 Å². The van der Waals surface area contributed by atoms with Crippen LogP contribution in [0.3, 0.4) is 0 Å². The Kier molecular flexibility index (Phi) is 3.13. The molecule has 3 heteroatoms. The molecule has 0 aromatic carbocycles. The Bertz CT molecular complexity index is 313. The van der Waals surface area contributed by atoms with Gasteiger partial charge in [0.25, 0.3) is 0 Å². The fourth-order valence-corrected chi connectivity index (χ4v) is 5.25. The summed E-state index contributed by atoms with van der Waals surface area (Å²) in [5, 5.41) is 9.05. The van der Waals surface area contributed by atoms with Gasteiger partial charge in [0.2, 0.25) is 0 Å². The molecular weight excluding hydrogens is 226 g/mol. The number of hydrogen-bond donors (Lipinski definition) is 1. The smallest absolute Gasteiger partial charge is 0.307 e. The molecule has 1 atom stereocenters. The molecule has 0 radical (unpaired) electrons. The van der Waals surface area contributed by atoms with E-state index < -0.39 is 5.97 Å². The highest BCUT2D eigenvalue weighted by Crippen LogP contribution is 2.54. The van der Waals surface area contributed by atoms with Crippen LogP contribution in [0, 0.1) is 29.6 Å². The van der Waals surface area contributed by atoms with Crippen LogP contribution in [-0.4, -0.2) is 35.6 Å². The third kappa shape index (κ3) is 2.07. The van der Waals surface area contributed by atoms with E-state index in [2.05, 4.69) is 11.9 Å². The van der Waals surface area contributed by atoms with Crippen LogP contribution < -0.4 is 0 Å². The second-order valence-electron chi connectivity index (χ2n) is 7.10. The number of carboxylic acid groups (broad SMARTS) is 1. The fourth-order valence-electron chi connectivity index (χ4n) is 5.25. The van der Waals surface area contributed by atoms with Crippen LogP contribution in [-0.2, 0) is 4.79 Å². The summed E-state index contributed by atoms with van der Waals surface area (Å²) in [6, 6.07) is 0.666. The van der Waals surface area contributed by atoms with Gasteiger partial charge in [0.05, 0.1) is 5.92 Å². The zero-order chi connectivity index (χ0) is 12.9. The maximum absolute atomic E-state index is 11.0. The molecule has 0 aromatic heterocycles. The molecule has 0 spiro atoms. The fraction of sp³-hybridized carbons (Fsp3) is 0.933. The molecule has 0 heterocycles. The Balaban J connectivity index is 1.67. The Morgan fingerprint density at radius 2 is 1.67 bits per heavy atom. The number of carbonyl (C=O) groups is 1. The Morgan fingerprint density at radius 3 is 2.11 bits per heavy atom. The summed E-state index contributed by atoms with van der Waals surface area (Å²) in [5.41, 5.74) is 0. The van der Waals surface area contributed by atoms with Gasteiger partial charge in [-0.2, -0.15) is 0 Å². The van der Waals surface area contributed by atoms with Gasteiger partial charge in [0.15, 0.2) is 0 Å². The molecule has 1 unspecified atom stereocenters. The number of nitrogens with zero attached hydrogens (tertiary/aromatic N) is 1. The predicted octanol–water partition coefficient (Wildman–Crippen LogP) is 2.46. The maximum Gasteiger partial charge on any atom is 0.307 e. The van der Waals surface area contributed by atoms with Crippen LogP contribution in [0.15, 0.2) is 0 Å². The molecule has 0 aromatic rings. The molecule has 3 nitrogen and oxygen atoms in total. The molecule has 18 heavy (non-hydrogen) atoms. The zero-order valence-electron chi connectivity index (χ0n) is 11.5. The molecule has 4 bridgehead atoms. The minimum Gasteiger partial charge on any atom is -0.481 e. The van der Waals surface area contributed by atoms with Crippen molar-refractivity contribution in [3.05, 3.63) is 0 Å². The highest BCUT2D eigenvalue weighted by molar-refractivity contribution is 5.69. The highest BCUT2D eigenvalue weighted by Gasteiger charge is 2.49. The van der Waals surface area contributed by atoms with E-state index in [9.17, 15) is 4.79 Å². The van der Waals surface area contributed by atoms with Crippen LogP contribution in [0.1, 0.15) is 39.0 Å². The lowest BCUT2D eigenvalue weighted by atomic mass is 9.54. The molecule has 4 fully saturated rings. The summed E-state index contributed by atoms with van der Waals surface area (Å²) in [6.07, 6.45) is 7.11. The number of rotatable bonds is 4. The van der Waals surface area contributed by atoms with E-state index in [1.54, 1.807) is 0 Å². The third-order valence-electron chi connectivity index (χ3n) is 5.67. The summed E-state index contributed by atoms with van der Waals surface area (Å²) < 4.78 is 0. The van der Waals surface area contributed by atoms with E-state index in [4.69, 9.17) is 5.11 Å². The van der Waals surface area contributed by atoms with E-state index in [1.165, 1.54) is 32.1 Å². The van der Waals surface area contributed by atoms with Crippen molar-refractivity contribution in [1.82, 2.24) is 4.90 Å². The first-order valence-corrected chi connectivity index (χ1v) is 7.47. The van der Waals surface area contributed by atoms with E-state index in [0.717, 1.165) is 23.7 Å². The number of hydrogen-bond acceptors (Lipinski definition) is 2. The minimum atomic E-state index is -0.661. The predicted molar refractivity (Wildman–Crippen MR) is 70.3 cm³/mol. The average Bonchev–Trinajstić information content (AvgIpc) is 2.26. The maximum atomic E-state index is 11.0. The van der Waals surface area contributed by atoms with E-state index in [-0.39, 0.29) is 5.92 Å².